The molecule has 0 unspecified atom stereocenters. The van der Waals surface area contributed by atoms with Gasteiger partial charge in [0, 0.05) is 43.8 Å². The van der Waals surface area contributed by atoms with Gasteiger partial charge in [-0.3, -0.25) is 4.79 Å². The van der Waals surface area contributed by atoms with E-state index in [-0.39, 0.29) is 5.91 Å². The van der Waals surface area contributed by atoms with Gasteiger partial charge in [-0.1, -0.05) is 23.7 Å². The van der Waals surface area contributed by atoms with Crippen molar-refractivity contribution in [3.8, 4) is 6.07 Å². The first-order chi connectivity index (χ1) is 12.2. The number of piperazine rings is 1. The molecule has 0 aliphatic carbocycles. The van der Waals surface area contributed by atoms with Crippen LogP contribution in [0.3, 0.4) is 0 Å². The van der Waals surface area contributed by atoms with Crippen LogP contribution in [0.25, 0.3) is 0 Å². The highest BCUT2D eigenvalue weighted by atomic mass is 35.5. The number of hydrogen-bond acceptors (Lipinski definition) is 4. The average Bonchev–Trinajstić information content (AvgIpc) is 2.67. The summed E-state index contributed by atoms with van der Waals surface area (Å²) in [4.78, 5) is 20.7. The number of aromatic nitrogens is 1. The quantitative estimate of drug-likeness (QED) is 0.847. The fraction of sp³-hybridized carbons (Fsp3) is 0.316. The number of carbonyl (C=O) groups excluding carboxylic acids is 1. The SMILES string of the molecule is N#Cc1ccnc(N2CCN(C(=O)CCc3ccc(Cl)cc3)CC2)c1. The molecule has 0 saturated carbocycles. The van der Waals surface area contributed by atoms with Crippen molar-refractivity contribution >= 4 is 23.3 Å². The van der Waals surface area contributed by atoms with Crippen molar-refractivity contribution in [2.24, 2.45) is 0 Å². The molecule has 0 bridgehead atoms. The minimum absolute atomic E-state index is 0.174. The van der Waals surface area contributed by atoms with Crippen LogP contribution in [0.2, 0.25) is 5.02 Å². The van der Waals surface area contributed by atoms with Gasteiger partial charge in [-0.15, -0.1) is 0 Å². The molecular weight excluding hydrogens is 336 g/mol. The lowest BCUT2D eigenvalue weighted by Crippen LogP contribution is -2.49. The zero-order valence-corrected chi connectivity index (χ0v) is 14.6. The summed E-state index contributed by atoms with van der Waals surface area (Å²) in [7, 11) is 0. The molecule has 0 atom stereocenters. The number of hydrogen-bond donors (Lipinski definition) is 0. The largest absolute Gasteiger partial charge is 0.353 e. The summed E-state index contributed by atoms with van der Waals surface area (Å²) in [5.41, 5.74) is 1.72. The molecule has 5 nitrogen and oxygen atoms in total. The summed E-state index contributed by atoms with van der Waals surface area (Å²) in [5, 5.41) is 9.70. The standard InChI is InChI=1S/C19H19ClN4O/c20-17-4-1-15(2-5-17)3-6-19(25)24-11-9-23(10-12-24)18-13-16(14-21)7-8-22-18/h1-2,4-5,7-8,13H,3,6,9-12H2. The van der Waals surface area contributed by atoms with E-state index >= 15 is 0 Å². The van der Waals surface area contributed by atoms with E-state index < -0.39 is 0 Å². The van der Waals surface area contributed by atoms with Crippen LogP contribution in [-0.2, 0) is 11.2 Å². The molecule has 6 heteroatoms. The maximum atomic E-state index is 12.4. The minimum atomic E-state index is 0.174. The number of anilines is 1. The summed E-state index contributed by atoms with van der Waals surface area (Å²) in [6.07, 6.45) is 2.88. The molecular formula is C19H19ClN4O. The number of nitrogens with zero attached hydrogens (tertiary/aromatic N) is 4. The van der Waals surface area contributed by atoms with Crippen LogP contribution in [0.1, 0.15) is 17.5 Å². The van der Waals surface area contributed by atoms with Gasteiger partial charge >= 0.3 is 0 Å². The van der Waals surface area contributed by atoms with E-state index in [4.69, 9.17) is 16.9 Å². The third kappa shape index (κ3) is 4.49. The molecule has 1 aliphatic rings. The molecule has 25 heavy (non-hydrogen) atoms. The molecule has 128 valence electrons. The Morgan fingerprint density at radius 2 is 1.88 bits per heavy atom. The van der Waals surface area contributed by atoms with Gasteiger partial charge in [0.1, 0.15) is 5.82 Å². The number of aryl methyl sites for hydroxylation is 1. The van der Waals surface area contributed by atoms with E-state index in [0.29, 0.717) is 30.1 Å². The number of carbonyl (C=O) groups is 1. The molecule has 1 aromatic heterocycles. The highest BCUT2D eigenvalue weighted by Crippen LogP contribution is 2.16. The van der Waals surface area contributed by atoms with Crippen LogP contribution in [-0.4, -0.2) is 42.0 Å². The fourth-order valence-corrected chi connectivity index (χ4v) is 3.03. The van der Waals surface area contributed by atoms with E-state index in [1.807, 2.05) is 29.2 Å². The number of nitriles is 1. The average molecular weight is 355 g/mol. The van der Waals surface area contributed by atoms with Crippen molar-refractivity contribution in [2.45, 2.75) is 12.8 Å². The molecule has 1 aromatic carbocycles. The van der Waals surface area contributed by atoms with E-state index in [1.54, 1.807) is 18.3 Å². The Morgan fingerprint density at radius 3 is 2.56 bits per heavy atom. The van der Waals surface area contributed by atoms with Crippen molar-refractivity contribution in [1.82, 2.24) is 9.88 Å². The molecule has 2 aromatic rings. The van der Waals surface area contributed by atoms with Gasteiger partial charge < -0.3 is 9.80 Å². The topological polar surface area (TPSA) is 60.2 Å². The molecule has 1 fully saturated rings. The minimum Gasteiger partial charge on any atom is -0.353 e. The molecule has 0 radical (unpaired) electrons. The number of halogens is 1. The van der Waals surface area contributed by atoms with E-state index in [2.05, 4.69) is 16.0 Å². The van der Waals surface area contributed by atoms with Crippen molar-refractivity contribution < 1.29 is 4.79 Å². The second-order valence-corrected chi connectivity index (χ2v) is 6.45. The van der Waals surface area contributed by atoms with Crippen molar-refractivity contribution in [1.29, 1.82) is 5.26 Å². The van der Waals surface area contributed by atoms with Crippen LogP contribution >= 0.6 is 11.6 Å². The number of benzene rings is 1. The number of amides is 1. The monoisotopic (exact) mass is 354 g/mol. The Labute approximate surface area is 152 Å². The Bertz CT molecular complexity index is 777. The van der Waals surface area contributed by atoms with Gasteiger partial charge in [-0.05, 0) is 36.2 Å². The third-order valence-corrected chi connectivity index (χ3v) is 4.62. The highest BCUT2D eigenvalue weighted by molar-refractivity contribution is 6.30. The summed E-state index contributed by atoms with van der Waals surface area (Å²) < 4.78 is 0. The number of pyridine rings is 1. The van der Waals surface area contributed by atoms with E-state index in [1.165, 1.54) is 0 Å². The van der Waals surface area contributed by atoms with Gasteiger partial charge in [0.25, 0.3) is 0 Å². The van der Waals surface area contributed by atoms with Crippen LogP contribution < -0.4 is 4.90 Å². The smallest absolute Gasteiger partial charge is 0.223 e. The van der Waals surface area contributed by atoms with Gasteiger partial charge in [0.05, 0.1) is 11.6 Å². The predicted octanol–water partition coefficient (Wildman–Crippen LogP) is 2.89. The molecule has 1 amide bonds. The van der Waals surface area contributed by atoms with Crippen molar-refractivity contribution in [2.75, 3.05) is 31.1 Å². The van der Waals surface area contributed by atoms with E-state index in [9.17, 15) is 4.79 Å². The van der Waals surface area contributed by atoms with Gasteiger partial charge in [0.2, 0.25) is 5.91 Å². The fourth-order valence-electron chi connectivity index (χ4n) is 2.91. The van der Waals surface area contributed by atoms with Gasteiger partial charge in [0.15, 0.2) is 0 Å². The molecule has 0 N–H and O–H groups in total. The molecule has 1 saturated heterocycles. The Balaban J connectivity index is 1.50. The van der Waals surface area contributed by atoms with Crippen LogP contribution in [0.5, 0.6) is 0 Å². The summed E-state index contributed by atoms with van der Waals surface area (Å²) in [6.45, 7) is 2.82. The Morgan fingerprint density at radius 1 is 1.16 bits per heavy atom. The summed E-state index contributed by atoms with van der Waals surface area (Å²) in [6, 6.07) is 13.2. The normalized spacial score (nSPS) is 14.2. The molecule has 3 rings (SSSR count). The highest BCUT2D eigenvalue weighted by Gasteiger charge is 2.21. The molecule has 0 spiro atoms. The van der Waals surface area contributed by atoms with E-state index in [0.717, 1.165) is 30.9 Å². The van der Waals surface area contributed by atoms with Crippen LogP contribution in [0.4, 0.5) is 5.82 Å². The third-order valence-electron chi connectivity index (χ3n) is 4.37. The lowest BCUT2D eigenvalue weighted by molar-refractivity contribution is -0.131. The summed E-state index contributed by atoms with van der Waals surface area (Å²) >= 11 is 5.88. The number of rotatable bonds is 4. The van der Waals surface area contributed by atoms with Gasteiger partial charge in [-0.2, -0.15) is 5.26 Å². The summed E-state index contributed by atoms with van der Waals surface area (Å²) in [5.74, 6) is 0.973. The maximum absolute atomic E-state index is 12.4. The van der Waals surface area contributed by atoms with Gasteiger partial charge in [-0.25, -0.2) is 4.98 Å². The molecule has 1 aliphatic heterocycles. The lowest BCUT2D eigenvalue weighted by Gasteiger charge is -2.35. The first kappa shape index (κ1) is 17.2. The first-order valence-corrected chi connectivity index (χ1v) is 8.67. The maximum Gasteiger partial charge on any atom is 0.223 e. The zero-order chi connectivity index (χ0) is 17.6. The zero-order valence-electron chi connectivity index (χ0n) is 13.9. The van der Waals surface area contributed by atoms with Crippen LogP contribution in [0, 0.1) is 11.3 Å². The van der Waals surface area contributed by atoms with Crippen molar-refractivity contribution in [3.05, 3.63) is 58.7 Å². The molecule has 2 heterocycles. The second kappa shape index (κ2) is 8.00. The van der Waals surface area contributed by atoms with Crippen molar-refractivity contribution in [3.63, 3.8) is 0 Å². The first-order valence-electron chi connectivity index (χ1n) is 8.29. The Hall–Kier alpha value is -2.58. The predicted molar refractivity (Wildman–Crippen MR) is 97.5 cm³/mol. The Kier molecular flexibility index (Phi) is 5.52. The lowest BCUT2D eigenvalue weighted by atomic mass is 10.1. The second-order valence-electron chi connectivity index (χ2n) is 6.01. The van der Waals surface area contributed by atoms with Crippen LogP contribution in [0.15, 0.2) is 42.6 Å².